The molecule has 0 aliphatic carbocycles. The van der Waals surface area contributed by atoms with Crippen LogP contribution >= 0.6 is 34.5 Å². The van der Waals surface area contributed by atoms with Gasteiger partial charge in [-0.05, 0) is 6.92 Å². The summed E-state index contributed by atoms with van der Waals surface area (Å²) in [6, 6.07) is 0. The Hall–Kier alpha value is -0.910. The summed E-state index contributed by atoms with van der Waals surface area (Å²) in [5.74, 6) is 0. The van der Waals surface area contributed by atoms with Gasteiger partial charge in [0.1, 0.15) is 5.02 Å². The van der Waals surface area contributed by atoms with Gasteiger partial charge in [0.25, 0.3) is 5.56 Å². The minimum Gasteiger partial charge on any atom is -0.266 e. The first-order chi connectivity index (χ1) is 7.58. The Bertz CT molecular complexity index is 578. The molecule has 2 aromatic rings. The van der Waals surface area contributed by atoms with Gasteiger partial charge in [-0.3, -0.25) is 4.79 Å². The summed E-state index contributed by atoms with van der Waals surface area (Å²) in [5, 5.41) is 6.88. The molecule has 0 aliphatic heterocycles. The lowest BCUT2D eigenvalue weighted by atomic mass is 10.4. The molecular weight excluding hydrogens is 269 g/mol. The summed E-state index contributed by atoms with van der Waals surface area (Å²) in [4.78, 5) is 15.9. The maximum atomic E-state index is 11.7. The molecule has 16 heavy (non-hydrogen) atoms. The van der Waals surface area contributed by atoms with Gasteiger partial charge in [0, 0.05) is 5.38 Å². The lowest BCUT2D eigenvalue weighted by Gasteiger charge is -2.02. The zero-order valence-corrected chi connectivity index (χ0v) is 10.6. The maximum absolute atomic E-state index is 11.7. The molecule has 0 aromatic carbocycles. The van der Waals surface area contributed by atoms with Crippen molar-refractivity contribution in [2.75, 3.05) is 0 Å². The predicted molar refractivity (Wildman–Crippen MR) is 64.5 cm³/mol. The highest BCUT2D eigenvalue weighted by molar-refractivity contribution is 7.09. The van der Waals surface area contributed by atoms with Gasteiger partial charge in [0.05, 0.1) is 28.5 Å². The molecule has 2 rings (SSSR count). The van der Waals surface area contributed by atoms with Crippen LogP contribution in [0.5, 0.6) is 0 Å². The molecule has 0 aliphatic rings. The molecule has 0 saturated heterocycles. The second-order valence-corrected chi connectivity index (χ2v) is 4.97. The standard InChI is InChI=1S/C9H7Cl2N3OS/c1-5-13-6(4-16-5)3-14-9(15)8(11)7(10)2-12-14/h2,4H,3H2,1H3. The van der Waals surface area contributed by atoms with E-state index in [0.29, 0.717) is 6.54 Å². The van der Waals surface area contributed by atoms with Crippen LogP contribution in [0.4, 0.5) is 0 Å². The van der Waals surface area contributed by atoms with E-state index < -0.39 is 5.56 Å². The van der Waals surface area contributed by atoms with Crippen LogP contribution in [0.2, 0.25) is 10.0 Å². The number of rotatable bonds is 2. The third-order valence-corrected chi connectivity index (χ3v) is 3.49. The van der Waals surface area contributed by atoms with Crippen LogP contribution in [-0.4, -0.2) is 14.8 Å². The van der Waals surface area contributed by atoms with Crippen LogP contribution in [0, 0.1) is 6.92 Å². The molecule has 0 fully saturated rings. The number of hydrogen-bond donors (Lipinski definition) is 0. The molecule has 0 amide bonds. The average Bonchev–Trinajstić information content (AvgIpc) is 2.65. The van der Waals surface area contributed by atoms with Crippen molar-refractivity contribution in [2.45, 2.75) is 13.5 Å². The van der Waals surface area contributed by atoms with Gasteiger partial charge in [-0.15, -0.1) is 11.3 Å². The molecule has 2 aromatic heterocycles. The highest BCUT2D eigenvalue weighted by atomic mass is 35.5. The number of thiazole rings is 1. The molecule has 0 atom stereocenters. The van der Waals surface area contributed by atoms with Crippen LogP contribution in [0.3, 0.4) is 0 Å². The largest absolute Gasteiger partial charge is 0.287 e. The Kier molecular flexibility index (Phi) is 3.28. The molecule has 0 bridgehead atoms. The Balaban J connectivity index is 2.36. The lowest BCUT2D eigenvalue weighted by molar-refractivity contribution is 0.630. The van der Waals surface area contributed by atoms with E-state index in [0.717, 1.165) is 10.7 Å². The van der Waals surface area contributed by atoms with E-state index in [1.54, 1.807) is 0 Å². The number of aromatic nitrogens is 3. The fraction of sp³-hybridized carbons (Fsp3) is 0.222. The molecule has 0 unspecified atom stereocenters. The summed E-state index contributed by atoms with van der Waals surface area (Å²) in [6.07, 6.45) is 1.35. The Morgan fingerprint density at radius 2 is 2.25 bits per heavy atom. The third kappa shape index (κ3) is 2.26. The van der Waals surface area contributed by atoms with Crippen molar-refractivity contribution in [2.24, 2.45) is 0 Å². The summed E-state index contributed by atoms with van der Waals surface area (Å²) >= 11 is 12.9. The first kappa shape index (κ1) is 11.6. The molecule has 0 spiro atoms. The van der Waals surface area contributed by atoms with Gasteiger partial charge in [0.2, 0.25) is 0 Å². The fourth-order valence-electron chi connectivity index (χ4n) is 1.19. The summed E-state index contributed by atoms with van der Waals surface area (Å²) < 4.78 is 1.24. The molecule has 0 radical (unpaired) electrons. The molecular formula is C9H7Cl2N3OS. The molecule has 84 valence electrons. The zero-order valence-electron chi connectivity index (χ0n) is 8.28. The number of nitrogens with zero attached hydrogens (tertiary/aromatic N) is 3. The van der Waals surface area contributed by atoms with Crippen molar-refractivity contribution in [3.05, 3.63) is 42.7 Å². The molecule has 7 heteroatoms. The normalized spacial score (nSPS) is 10.7. The lowest BCUT2D eigenvalue weighted by Crippen LogP contribution is -2.23. The van der Waals surface area contributed by atoms with Crippen molar-refractivity contribution in [3.63, 3.8) is 0 Å². The predicted octanol–water partition coefficient (Wildman–Crippen LogP) is 2.36. The molecule has 2 heterocycles. The first-order valence-electron chi connectivity index (χ1n) is 4.40. The number of aryl methyl sites for hydroxylation is 1. The van der Waals surface area contributed by atoms with Gasteiger partial charge in [0.15, 0.2) is 0 Å². The smallest absolute Gasteiger partial charge is 0.266 e. The van der Waals surface area contributed by atoms with Crippen molar-refractivity contribution in [1.82, 2.24) is 14.8 Å². The number of halogens is 2. The van der Waals surface area contributed by atoms with Crippen LogP contribution in [-0.2, 0) is 6.54 Å². The van der Waals surface area contributed by atoms with E-state index in [9.17, 15) is 4.79 Å². The second-order valence-electron chi connectivity index (χ2n) is 3.13. The van der Waals surface area contributed by atoms with E-state index in [-0.39, 0.29) is 10.0 Å². The quantitative estimate of drug-likeness (QED) is 0.846. The molecule has 0 N–H and O–H groups in total. The van der Waals surface area contributed by atoms with E-state index in [1.807, 2.05) is 12.3 Å². The van der Waals surface area contributed by atoms with E-state index in [4.69, 9.17) is 23.2 Å². The van der Waals surface area contributed by atoms with Gasteiger partial charge < -0.3 is 0 Å². The Labute approximate surface area is 105 Å². The average molecular weight is 276 g/mol. The zero-order chi connectivity index (χ0) is 11.7. The highest BCUT2D eigenvalue weighted by Crippen LogP contribution is 2.15. The van der Waals surface area contributed by atoms with Crippen LogP contribution in [0.25, 0.3) is 0 Å². The summed E-state index contributed by atoms with van der Waals surface area (Å²) in [7, 11) is 0. The molecule has 0 saturated carbocycles. The topological polar surface area (TPSA) is 47.8 Å². The van der Waals surface area contributed by atoms with Crippen molar-refractivity contribution in [3.8, 4) is 0 Å². The van der Waals surface area contributed by atoms with Gasteiger partial charge >= 0.3 is 0 Å². The van der Waals surface area contributed by atoms with E-state index >= 15 is 0 Å². The van der Waals surface area contributed by atoms with Crippen molar-refractivity contribution in [1.29, 1.82) is 0 Å². The fourth-order valence-corrected chi connectivity index (χ4v) is 2.07. The van der Waals surface area contributed by atoms with E-state index in [1.165, 1.54) is 22.2 Å². The van der Waals surface area contributed by atoms with Crippen LogP contribution in [0.15, 0.2) is 16.4 Å². The minimum absolute atomic E-state index is 0.0105. The third-order valence-electron chi connectivity index (χ3n) is 1.92. The molecule has 4 nitrogen and oxygen atoms in total. The van der Waals surface area contributed by atoms with Crippen molar-refractivity contribution < 1.29 is 0 Å². The summed E-state index contributed by atoms with van der Waals surface area (Å²) in [5.41, 5.74) is 0.385. The van der Waals surface area contributed by atoms with Crippen LogP contribution in [0.1, 0.15) is 10.7 Å². The maximum Gasteiger partial charge on any atom is 0.287 e. The second kappa shape index (κ2) is 4.53. The Morgan fingerprint density at radius 3 is 2.88 bits per heavy atom. The number of hydrogen-bond acceptors (Lipinski definition) is 4. The van der Waals surface area contributed by atoms with Gasteiger partial charge in [-0.1, -0.05) is 23.2 Å². The van der Waals surface area contributed by atoms with Gasteiger partial charge in [-0.2, -0.15) is 5.10 Å². The SMILES string of the molecule is Cc1nc(Cn2ncc(Cl)c(Cl)c2=O)cs1. The van der Waals surface area contributed by atoms with Crippen LogP contribution < -0.4 is 5.56 Å². The van der Waals surface area contributed by atoms with E-state index in [2.05, 4.69) is 10.1 Å². The first-order valence-corrected chi connectivity index (χ1v) is 6.03. The summed E-state index contributed by atoms with van der Waals surface area (Å²) in [6.45, 7) is 2.21. The highest BCUT2D eigenvalue weighted by Gasteiger charge is 2.08. The Morgan fingerprint density at radius 1 is 1.50 bits per heavy atom. The van der Waals surface area contributed by atoms with Gasteiger partial charge in [-0.25, -0.2) is 9.67 Å². The monoisotopic (exact) mass is 275 g/mol. The minimum atomic E-state index is -0.403. The van der Waals surface area contributed by atoms with Crippen molar-refractivity contribution >= 4 is 34.5 Å².